The lowest BCUT2D eigenvalue weighted by molar-refractivity contribution is 0.321. The third kappa shape index (κ3) is 6.24. The van der Waals surface area contributed by atoms with Crippen molar-refractivity contribution in [2.75, 3.05) is 13.2 Å². The van der Waals surface area contributed by atoms with Crippen LogP contribution in [-0.4, -0.2) is 37.4 Å². The molecule has 1 aliphatic rings. The molecule has 0 amide bonds. The Morgan fingerprint density at radius 2 is 2.00 bits per heavy atom. The SMILES string of the molecule is Cl.Cn1cc(S(=O)(=O)NCCOc2ccc3c(c2)C(Cc2ccc(Cl)c(Cl)c2)C(N)CC3)cn1. The molecule has 0 bridgehead atoms. The van der Waals surface area contributed by atoms with Crippen molar-refractivity contribution in [1.29, 1.82) is 0 Å². The van der Waals surface area contributed by atoms with E-state index in [1.54, 1.807) is 13.1 Å². The molecule has 2 atom stereocenters. The van der Waals surface area contributed by atoms with Crippen molar-refractivity contribution in [1.82, 2.24) is 14.5 Å². The van der Waals surface area contributed by atoms with Gasteiger partial charge in [-0.15, -0.1) is 12.4 Å². The van der Waals surface area contributed by atoms with Crippen molar-refractivity contribution < 1.29 is 13.2 Å². The van der Waals surface area contributed by atoms with Crippen molar-refractivity contribution >= 4 is 45.6 Å². The first-order valence-corrected chi connectivity index (χ1v) is 12.9. The fraction of sp³-hybridized carbons (Fsp3) is 0.348. The van der Waals surface area contributed by atoms with E-state index in [4.69, 9.17) is 33.7 Å². The van der Waals surface area contributed by atoms with E-state index in [1.165, 1.54) is 22.6 Å². The molecule has 1 aromatic heterocycles. The lowest BCUT2D eigenvalue weighted by Crippen LogP contribution is -2.34. The second-order valence-electron chi connectivity index (χ2n) is 8.22. The number of halogens is 3. The molecular formula is C23H27Cl3N4O3S. The second-order valence-corrected chi connectivity index (χ2v) is 10.8. The minimum Gasteiger partial charge on any atom is -0.492 e. The predicted molar refractivity (Wildman–Crippen MR) is 137 cm³/mol. The number of aromatic nitrogens is 2. The molecule has 2 unspecified atom stereocenters. The van der Waals surface area contributed by atoms with Gasteiger partial charge in [0, 0.05) is 31.7 Å². The van der Waals surface area contributed by atoms with E-state index >= 15 is 0 Å². The molecule has 0 saturated heterocycles. The summed E-state index contributed by atoms with van der Waals surface area (Å²) in [6, 6.07) is 11.7. The molecule has 34 heavy (non-hydrogen) atoms. The summed E-state index contributed by atoms with van der Waals surface area (Å²) in [7, 11) is -1.95. The average Bonchev–Trinajstić information content (AvgIpc) is 3.23. The largest absolute Gasteiger partial charge is 0.492 e. The van der Waals surface area contributed by atoms with Crippen LogP contribution in [0.3, 0.4) is 0 Å². The smallest absolute Gasteiger partial charge is 0.243 e. The zero-order valence-corrected chi connectivity index (χ0v) is 21.7. The normalized spacial score (nSPS) is 17.6. The van der Waals surface area contributed by atoms with Crippen LogP contribution in [0, 0.1) is 0 Å². The number of hydrogen-bond acceptors (Lipinski definition) is 5. The quantitative estimate of drug-likeness (QED) is 0.415. The number of nitrogens with two attached hydrogens (primary N) is 1. The summed E-state index contributed by atoms with van der Waals surface area (Å²) in [6.07, 6.45) is 5.34. The first-order valence-electron chi connectivity index (χ1n) is 10.7. The minimum absolute atomic E-state index is 0. The van der Waals surface area contributed by atoms with Crippen LogP contribution >= 0.6 is 35.6 Å². The molecule has 0 saturated carbocycles. The molecule has 1 heterocycles. The number of fused-ring (bicyclic) bond motifs is 1. The minimum atomic E-state index is -3.62. The predicted octanol–water partition coefficient (Wildman–Crippen LogP) is 4.11. The maximum atomic E-state index is 12.3. The lowest BCUT2D eigenvalue weighted by atomic mass is 9.76. The van der Waals surface area contributed by atoms with Crippen LogP contribution in [0.5, 0.6) is 5.75 Å². The van der Waals surface area contributed by atoms with Gasteiger partial charge in [-0.1, -0.05) is 35.3 Å². The summed E-state index contributed by atoms with van der Waals surface area (Å²) in [5, 5.41) is 4.96. The molecular weight excluding hydrogens is 519 g/mol. The van der Waals surface area contributed by atoms with E-state index in [0.29, 0.717) is 15.8 Å². The number of sulfonamides is 1. The molecule has 3 aromatic rings. The summed E-state index contributed by atoms with van der Waals surface area (Å²) in [5.41, 5.74) is 10.00. The zero-order chi connectivity index (χ0) is 23.6. The third-order valence-corrected chi connectivity index (χ3v) is 8.03. The van der Waals surface area contributed by atoms with Gasteiger partial charge in [-0.05, 0) is 60.2 Å². The van der Waals surface area contributed by atoms with E-state index in [1.807, 2.05) is 24.3 Å². The van der Waals surface area contributed by atoms with Crippen molar-refractivity contribution in [3.63, 3.8) is 0 Å². The number of benzene rings is 2. The monoisotopic (exact) mass is 544 g/mol. The fourth-order valence-electron chi connectivity index (χ4n) is 4.14. The molecule has 4 rings (SSSR count). The van der Waals surface area contributed by atoms with E-state index in [9.17, 15) is 8.42 Å². The van der Waals surface area contributed by atoms with Crippen LogP contribution in [0.4, 0.5) is 0 Å². The van der Waals surface area contributed by atoms with Crippen LogP contribution < -0.4 is 15.2 Å². The first kappa shape index (κ1) is 26.8. The Morgan fingerprint density at radius 1 is 1.21 bits per heavy atom. The summed E-state index contributed by atoms with van der Waals surface area (Å²) in [6.45, 7) is 0.336. The van der Waals surface area contributed by atoms with E-state index < -0.39 is 10.0 Å². The molecule has 0 aliphatic heterocycles. The highest BCUT2D eigenvalue weighted by atomic mass is 35.5. The van der Waals surface area contributed by atoms with E-state index in [-0.39, 0.29) is 42.4 Å². The molecule has 0 spiro atoms. The van der Waals surface area contributed by atoms with Gasteiger partial charge in [0.1, 0.15) is 17.3 Å². The van der Waals surface area contributed by atoms with Crippen molar-refractivity contribution in [3.05, 3.63) is 75.5 Å². The maximum Gasteiger partial charge on any atom is 0.243 e. The third-order valence-electron chi connectivity index (χ3n) is 5.87. The summed E-state index contributed by atoms with van der Waals surface area (Å²) in [4.78, 5) is 0.123. The summed E-state index contributed by atoms with van der Waals surface area (Å²) < 4.78 is 34.4. The van der Waals surface area contributed by atoms with E-state index in [2.05, 4.69) is 15.9 Å². The van der Waals surface area contributed by atoms with Gasteiger partial charge in [-0.2, -0.15) is 5.10 Å². The second kappa shape index (κ2) is 11.3. The number of nitrogens with zero attached hydrogens (tertiary/aromatic N) is 2. The van der Waals surface area contributed by atoms with Gasteiger partial charge >= 0.3 is 0 Å². The van der Waals surface area contributed by atoms with Gasteiger partial charge < -0.3 is 10.5 Å². The fourth-order valence-corrected chi connectivity index (χ4v) is 5.45. The van der Waals surface area contributed by atoms with Gasteiger partial charge in [0.25, 0.3) is 0 Å². The molecule has 11 heteroatoms. The molecule has 3 N–H and O–H groups in total. The van der Waals surface area contributed by atoms with Crippen LogP contribution in [0.1, 0.15) is 29.0 Å². The number of aryl methyl sites for hydroxylation is 2. The maximum absolute atomic E-state index is 12.3. The topological polar surface area (TPSA) is 99.2 Å². The molecule has 0 fully saturated rings. The van der Waals surface area contributed by atoms with Crippen LogP contribution in [0.15, 0.2) is 53.7 Å². The molecule has 1 aliphatic carbocycles. The average molecular weight is 546 g/mol. The number of hydrogen-bond donors (Lipinski definition) is 2. The van der Waals surface area contributed by atoms with E-state index in [0.717, 1.165) is 30.4 Å². The van der Waals surface area contributed by atoms with Gasteiger partial charge in [-0.3, -0.25) is 4.68 Å². The lowest BCUT2D eigenvalue weighted by Gasteiger charge is -2.32. The number of nitrogens with one attached hydrogen (secondary N) is 1. The van der Waals surface area contributed by atoms with Crippen LogP contribution in [0.2, 0.25) is 10.0 Å². The number of rotatable bonds is 8. The van der Waals surface area contributed by atoms with Gasteiger partial charge in [0.05, 0.1) is 16.2 Å². The van der Waals surface area contributed by atoms with Crippen LogP contribution in [-0.2, 0) is 29.9 Å². The molecule has 2 aromatic carbocycles. The Bertz CT molecular complexity index is 1250. The molecule has 7 nitrogen and oxygen atoms in total. The zero-order valence-electron chi connectivity index (χ0n) is 18.6. The molecule has 184 valence electrons. The van der Waals surface area contributed by atoms with Crippen molar-refractivity contribution in [2.24, 2.45) is 12.8 Å². The highest BCUT2D eigenvalue weighted by molar-refractivity contribution is 7.89. The van der Waals surface area contributed by atoms with Crippen molar-refractivity contribution in [2.45, 2.75) is 36.1 Å². The summed E-state index contributed by atoms with van der Waals surface area (Å²) >= 11 is 12.3. The Labute approximate surface area is 216 Å². The van der Waals surface area contributed by atoms with Gasteiger partial charge in [0.15, 0.2) is 0 Å². The number of ether oxygens (including phenoxy) is 1. The van der Waals surface area contributed by atoms with Crippen LogP contribution in [0.25, 0.3) is 0 Å². The van der Waals surface area contributed by atoms with Crippen molar-refractivity contribution in [3.8, 4) is 5.75 Å². The molecule has 0 radical (unpaired) electrons. The first-order chi connectivity index (χ1) is 15.7. The highest BCUT2D eigenvalue weighted by Gasteiger charge is 2.28. The Hall–Kier alpha value is -1.81. The Balaban J connectivity index is 0.00000324. The van der Waals surface area contributed by atoms with Gasteiger partial charge in [0.2, 0.25) is 10.0 Å². The highest BCUT2D eigenvalue weighted by Crippen LogP contribution is 2.36. The Kier molecular flexibility index (Phi) is 8.89. The standard InChI is InChI=1S/C23H26Cl2N4O3S.ClH/c1-29-14-18(13-27-29)33(30,31)28-8-9-32-17-5-3-16-4-7-23(26)20(19(16)12-17)10-15-2-6-21(24)22(25)11-15;/h2-3,5-6,11-14,20,23,28H,4,7-10,26H2,1H3;1H. The summed E-state index contributed by atoms with van der Waals surface area (Å²) in [5.74, 6) is 0.807. The van der Waals surface area contributed by atoms with Gasteiger partial charge in [-0.25, -0.2) is 13.1 Å². The Morgan fingerprint density at radius 3 is 2.71 bits per heavy atom.